The first-order valence-corrected chi connectivity index (χ1v) is 9.77. The molecule has 8 heteroatoms. The van der Waals surface area contributed by atoms with Gasteiger partial charge in [-0.05, 0) is 73.0 Å². The van der Waals surface area contributed by atoms with Gasteiger partial charge in [0.25, 0.3) is 0 Å². The second-order valence-electron chi connectivity index (χ2n) is 7.10. The van der Waals surface area contributed by atoms with Gasteiger partial charge in [-0.15, -0.1) is 0 Å². The highest BCUT2D eigenvalue weighted by Gasteiger charge is 2.10. The van der Waals surface area contributed by atoms with Gasteiger partial charge in [0, 0.05) is 35.5 Å². The molecule has 4 rings (SSSR count). The van der Waals surface area contributed by atoms with Crippen LogP contribution in [0.5, 0.6) is 0 Å². The highest BCUT2D eigenvalue weighted by molar-refractivity contribution is 5.73. The summed E-state index contributed by atoms with van der Waals surface area (Å²) in [4.78, 5) is 16.9. The Morgan fingerprint density at radius 1 is 0.781 bits per heavy atom. The first kappa shape index (κ1) is 20.5. The molecule has 2 aromatic carbocycles. The molecule has 0 bridgehead atoms. The molecule has 4 aromatic rings. The van der Waals surface area contributed by atoms with Gasteiger partial charge in [0.05, 0.1) is 11.6 Å². The van der Waals surface area contributed by atoms with Gasteiger partial charge in [0.15, 0.2) is 0 Å². The van der Waals surface area contributed by atoms with Crippen LogP contribution in [0.25, 0.3) is 11.1 Å². The summed E-state index contributed by atoms with van der Waals surface area (Å²) in [5.74, 6) is 1.24. The van der Waals surface area contributed by atoms with E-state index in [1.165, 1.54) is 0 Å². The highest BCUT2D eigenvalue weighted by atomic mass is 15.1. The maximum absolute atomic E-state index is 8.92. The molecule has 0 atom stereocenters. The van der Waals surface area contributed by atoms with E-state index in [-0.39, 0.29) is 5.82 Å². The van der Waals surface area contributed by atoms with E-state index in [9.17, 15) is 0 Å². The van der Waals surface area contributed by atoms with Crippen molar-refractivity contribution in [3.63, 3.8) is 0 Å². The Hall–Kier alpha value is -4.82. The quantitative estimate of drug-likeness (QED) is 0.474. The fourth-order valence-electron chi connectivity index (χ4n) is 3.24. The zero-order chi connectivity index (χ0) is 22.5. The number of aromatic nitrogens is 4. The molecule has 0 aliphatic heterocycles. The third-order valence-electron chi connectivity index (χ3n) is 4.80. The van der Waals surface area contributed by atoms with Crippen molar-refractivity contribution in [3.05, 3.63) is 83.6 Å². The van der Waals surface area contributed by atoms with Crippen LogP contribution >= 0.6 is 0 Å². The van der Waals surface area contributed by atoms with Gasteiger partial charge in [-0.1, -0.05) is 0 Å². The third-order valence-corrected chi connectivity index (χ3v) is 4.80. The van der Waals surface area contributed by atoms with Crippen molar-refractivity contribution in [1.82, 2.24) is 19.9 Å². The van der Waals surface area contributed by atoms with Gasteiger partial charge in [0.2, 0.25) is 11.8 Å². The van der Waals surface area contributed by atoms with E-state index in [2.05, 4.69) is 36.6 Å². The van der Waals surface area contributed by atoms with Crippen molar-refractivity contribution in [1.29, 1.82) is 10.5 Å². The number of benzene rings is 2. The normalized spacial score (nSPS) is 10.1. The van der Waals surface area contributed by atoms with Crippen LogP contribution in [-0.4, -0.2) is 19.9 Å². The SMILES string of the molecule is Cc1cc(-c2cnc(C#N)nc2)cc(C)c1Nc1ccnc(Nc2ccc(C#N)cc2)n1. The van der Waals surface area contributed by atoms with Crippen LogP contribution in [0.4, 0.5) is 23.1 Å². The molecule has 0 amide bonds. The molecule has 8 nitrogen and oxygen atoms in total. The van der Waals surface area contributed by atoms with E-state index in [1.807, 2.05) is 44.2 Å². The summed E-state index contributed by atoms with van der Waals surface area (Å²) < 4.78 is 0. The summed E-state index contributed by atoms with van der Waals surface area (Å²) in [6.45, 7) is 4.03. The van der Waals surface area contributed by atoms with E-state index < -0.39 is 0 Å². The molecule has 0 aliphatic carbocycles. The molecular weight excluding hydrogens is 400 g/mol. The Bertz CT molecular complexity index is 1320. The number of anilines is 4. The van der Waals surface area contributed by atoms with E-state index in [4.69, 9.17) is 10.5 Å². The van der Waals surface area contributed by atoms with E-state index in [1.54, 1.807) is 36.8 Å². The fourth-order valence-corrected chi connectivity index (χ4v) is 3.24. The Morgan fingerprint density at radius 2 is 1.47 bits per heavy atom. The smallest absolute Gasteiger partial charge is 0.232 e. The lowest BCUT2D eigenvalue weighted by atomic mass is 10.0. The molecule has 32 heavy (non-hydrogen) atoms. The van der Waals surface area contributed by atoms with Crippen molar-refractivity contribution >= 4 is 23.1 Å². The van der Waals surface area contributed by atoms with Crippen molar-refractivity contribution in [2.45, 2.75) is 13.8 Å². The molecule has 0 aliphatic rings. The van der Waals surface area contributed by atoms with Crippen LogP contribution in [0.15, 0.2) is 61.1 Å². The first-order chi connectivity index (χ1) is 15.6. The molecule has 0 saturated heterocycles. The van der Waals surface area contributed by atoms with Crippen LogP contribution in [0.3, 0.4) is 0 Å². The largest absolute Gasteiger partial charge is 0.340 e. The van der Waals surface area contributed by atoms with E-state index >= 15 is 0 Å². The van der Waals surface area contributed by atoms with Crippen LogP contribution in [-0.2, 0) is 0 Å². The second kappa shape index (κ2) is 8.90. The molecular formula is C24H18N8. The van der Waals surface area contributed by atoms with Crippen LogP contribution in [0.1, 0.15) is 22.5 Å². The van der Waals surface area contributed by atoms with Crippen molar-refractivity contribution < 1.29 is 0 Å². The van der Waals surface area contributed by atoms with Gasteiger partial charge < -0.3 is 10.6 Å². The Kier molecular flexibility index (Phi) is 5.69. The summed E-state index contributed by atoms with van der Waals surface area (Å²) in [5, 5.41) is 24.3. The van der Waals surface area contributed by atoms with E-state index in [0.29, 0.717) is 17.3 Å². The Morgan fingerprint density at radius 3 is 2.09 bits per heavy atom. The lowest BCUT2D eigenvalue weighted by molar-refractivity contribution is 1.11. The predicted molar refractivity (Wildman–Crippen MR) is 121 cm³/mol. The minimum Gasteiger partial charge on any atom is -0.340 e. The zero-order valence-corrected chi connectivity index (χ0v) is 17.5. The van der Waals surface area contributed by atoms with Gasteiger partial charge in [-0.2, -0.15) is 15.5 Å². The standard InChI is InChI=1S/C24H18N8/c1-15-9-18(19-13-28-22(12-26)29-14-19)10-16(2)23(15)31-21-7-8-27-24(32-21)30-20-5-3-17(11-25)4-6-20/h3-10,13-14H,1-2H3,(H2,27,30,31,32). The number of rotatable bonds is 5. The van der Waals surface area contributed by atoms with Crippen LogP contribution in [0, 0.1) is 36.5 Å². The molecule has 2 N–H and O–H groups in total. The van der Waals surface area contributed by atoms with Crippen LogP contribution < -0.4 is 10.6 Å². The van der Waals surface area contributed by atoms with Crippen molar-refractivity contribution in [2.75, 3.05) is 10.6 Å². The highest BCUT2D eigenvalue weighted by Crippen LogP contribution is 2.30. The molecule has 0 spiro atoms. The van der Waals surface area contributed by atoms with Gasteiger partial charge in [-0.3, -0.25) is 0 Å². The molecule has 154 valence electrons. The lowest BCUT2D eigenvalue weighted by Gasteiger charge is -2.15. The summed E-state index contributed by atoms with van der Waals surface area (Å²) >= 11 is 0. The average molecular weight is 418 g/mol. The molecule has 0 fully saturated rings. The monoisotopic (exact) mass is 418 g/mol. The number of nitrogens with zero attached hydrogens (tertiary/aromatic N) is 6. The Balaban J connectivity index is 1.55. The van der Waals surface area contributed by atoms with E-state index in [0.717, 1.165) is 33.6 Å². The number of hydrogen-bond acceptors (Lipinski definition) is 8. The molecule has 0 saturated carbocycles. The zero-order valence-electron chi connectivity index (χ0n) is 17.5. The predicted octanol–water partition coefficient (Wildman–Crippen LogP) is 4.78. The topological polar surface area (TPSA) is 123 Å². The summed E-state index contributed by atoms with van der Waals surface area (Å²) in [6, 6.07) is 17.0. The summed E-state index contributed by atoms with van der Waals surface area (Å²) in [7, 11) is 0. The number of nitrogens with one attached hydrogen (secondary N) is 2. The van der Waals surface area contributed by atoms with Crippen molar-refractivity contribution in [2.24, 2.45) is 0 Å². The molecule has 0 radical (unpaired) electrons. The number of nitriles is 2. The van der Waals surface area contributed by atoms with Crippen LogP contribution in [0.2, 0.25) is 0 Å². The fraction of sp³-hybridized carbons (Fsp3) is 0.0833. The number of aryl methyl sites for hydroxylation is 2. The molecule has 2 aromatic heterocycles. The maximum Gasteiger partial charge on any atom is 0.232 e. The lowest BCUT2D eigenvalue weighted by Crippen LogP contribution is -2.02. The Labute approximate surface area is 185 Å². The van der Waals surface area contributed by atoms with Gasteiger partial charge >= 0.3 is 0 Å². The van der Waals surface area contributed by atoms with Gasteiger partial charge in [-0.25, -0.2) is 15.0 Å². The maximum atomic E-state index is 8.92. The number of hydrogen-bond donors (Lipinski definition) is 2. The minimum atomic E-state index is 0.148. The average Bonchev–Trinajstić information content (AvgIpc) is 2.82. The summed E-state index contributed by atoms with van der Waals surface area (Å²) in [5.41, 5.74) is 6.22. The molecule has 0 unspecified atom stereocenters. The molecule has 2 heterocycles. The first-order valence-electron chi connectivity index (χ1n) is 9.77. The second-order valence-corrected chi connectivity index (χ2v) is 7.10. The summed E-state index contributed by atoms with van der Waals surface area (Å²) in [6.07, 6.45) is 4.98. The third kappa shape index (κ3) is 4.50. The van der Waals surface area contributed by atoms with Crippen molar-refractivity contribution in [3.8, 4) is 23.3 Å². The van der Waals surface area contributed by atoms with Gasteiger partial charge in [0.1, 0.15) is 11.9 Å². The minimum absolute atomic E-state index is 0.148.